The number of aryl methyl sites for hydroxylation is 2. The molecule has 5 heteroatoms. The number of likely N-dealkylation sites (N-methyl/N-ethyl adjacent to an activating group) is 2. The first-order valence-corrected chi connectivity index (χ1v) is 12.4. The van der Waals surface area contributed by atoms with Crippen molar-refractivity contribution in [2.75, 3.05) is 20.6 Å². The van der Waals surface area contributed by atoms with Crippen molar-refractivity contribution in [3.8, 4) is 23.3 Å². The molecule has 1 amide bonds. The van der Waals surface area contributed by atoms with Crippen LogP contribution in [0.25, 0.3) is 0 Å². The van der Waals surface area contributed by atoms with Gasteiger partial charge in [-0.3, -0.25) is 4.79 Å². The summed E-state index contributed by atoms with van der Waals surface area (Å²) in [6, 6.07) is 10.1. The number of rotatable bonds is 1. The zero-order valence-corrected chi connectivity index (χ0v) is 20.4. The van der Waals surface area contributed by atoms with Crippen LogP contribution in [0.3, 0.4) is 0 Å². The van der Waals surface area contributed by atoms with Crippen molar-refractivity contribution in [1.82, 2.24) is 9.80 Å². The van der Waals surface area contributed by atoms with E-state index in [0.29, 0.717) is 17.7 Å². The van der Waals surface area contributed by atoms with E-state index >= 15 is 0 Å². The molecule has 176 valence electrons. The Balaban J connectivity index is 1.34. The molecule has 1 N–H and O–H groups in total. The molecule has 0 unspecified atom stereocenters. The van der Waals surface area contributed by atoms with Gasteiger partial charge in [-0.1, -0.05) is 12.0 Å². The first-order chi connectivity index (χ1) is 16.3. The number of carbonyl (C=O) groups is 1. The Morgan fingerprint density at radius 1 is 1.21 bits per heavy atom. The minimum Gasteiger partial charge on any atom is -0.508 e. The van der Waals surface area contributed by atoms with E-state index in [1.165, 1.54) is 16.7 Å². The lowest BCUT2D eigenvalue weighted by Gasteiger charge is -2.59. The summed E-state index contributed by atoms with van der Waals surface area (Å²) in [5.74, 6) is 7.55. The van der Waals surface area contributed by atoms with Gasteiger partial charge < -0.3 is 19.6 Å². The van der Waals surface area contributed by atoms with Gasteiger partial charge in [0.1, 0.15) is 17.6 Å². The van der Waals surface area contributed by atoms with E-state index in [9.17, 15) is 9.90 Å². The zero-order valence-electron chi connectivity index (χ0n) is 20.4. The number of ether oxygens (including phenoxy) is 1. The molecule has 2 bridgehead atoms. The first kappa shape index (κ1) is 21.6. The fourth-order valence-corrected chi connectivity index (χ4v) is 7.30. The first-order valence-electron chi connectivity index (χ1n) is 12.4. The third-order valence-electron chi connectivity index (χ3n) is 9.22. The number of hydrogen-bond donors (Lipinski definition) is 1. The maximum absolute atomic E-state index is 13.2. The largest absolute Gasteiger partial charge is 0.508 e. The molecule has 2 aromatic carbocycles. The molecule has 1 spiro atoms. The Kier molecular flexibility index (Phi) is 4.76. The van der Waals surface area contributed by atoms with E-state index < -0.39 is 0 Å². The van der Waals surface area contributed by atoms with Crippen LogP contribution in [-0.4, -0.2) is 59.6 Å². The normalized spacial score (nSPS) is 30.6. The van der Waals surface area contributed by atoms with Crippen LogP contribution < -0.4 is 4.74 Å². The summed E-state index contributed by atoms with van der Waals surface area (Å²) in [7, 11) is 4.08. The topological polar surface area (TPSA) is 53.0 Å². The Bertz CT molecular complexity index is 1260. The van der Waals surface area contributed by atoms with Crippen molar-refractivity contribution in [3.63, 3.8) is 0 Å². The molecule has 0 radical (unpaired) electrons. The summed E-state index contributed by atoms with van der Waals surface area (Å²) in [6.45, 7) is 5.14. The van der Waals surface area contributed by atoms with Crippen molar-refractivity contribution >= 4 is 5.91 Å². The number of phenols is 1. The summed E-state index contributed by atoms with van der Waals surface area (Å²) >= 11 is 0. The van der Waals surface area contributed by atoms with Crippen LogP contribution in [0.1, 0.15) is 47.1 Å². The molecule has 1 saturated carbocycles. The third kappa shape index (κ3) is 2.88. The van der Waals surface area contributed by atoms with E-state index in [1.54, 1.807) is 6.07 Å². The summed E-state index contributed by atoms with van der Waals surface area (Å²) in [4.78, 5) is 17.5. The van der Waals surface area contributed by atoms with Gasteiger partial charge in [-0.25, -0.2) is 0 Å². The average Bonchev–Trinajstić information content (AvgIpc) is 3.16. The van der Waals surface area contributed by atoms with Gasteiger partial charge in [-0.2, -0.15) is 0 Å². The minimum atomic E-state index is -0.166. The number of piperidine rings is 1. The van der Waals surface area contributed by atoms with E-state index in [1.807, 2.05) is 36.2 Å². The summed E-state index contributed by atoms with van der Waals surface area (Å²) in [5.41, 5.74) is 5.39. The van der Waals surface area contributed by atoms with Gasteiger partial charge in [-0.15, -0.1) is 0 Å². The second-order valence-electron chi connectivity index (χ2n) is 10.7. The molecule has 2 fully saturated rings. The van der Waals surface area contributed by atoms with Crippen LogP contribution in [0.2, 0.25) is 0 Å². The number of hydrogen-bond acceptors (Lipinski definition) is 4. The lowest BCUT2D eigenvalue weighted by atomic mass is 9.51. The van der Waals surface area contributed by atoms with Crippen molar-refractivity contribution in [3.05, 3.63) is 58.1 Å². The molecule has 6 rings (SSSR count). The van der Waals surface area contributed by atoms with Crippen molar-refractivity contribution in [2.45, 2.75) is 63.1 Å². The van der Waals surface area contributed by atoms with Crippen LogP contribution >= 0.6 is 0 Å². The molecular weight excluding hydrogens is 424 g/mol. The van der Waals surface area contributed by atoms with Crippen LogP contribution in [0.4, 0.5) is 0 Å². The lowest BCUT2D eigenvalue weighted by molar-refractivity contribution is -0.133. The number of aromatic hydroxyl groups is 1. The molecule has 5 atom stereocenters. The van der Waals surface area contributed by atoms with Crippen LogP contribution in [0.5, 0.6) is 11.5 Å². The van der Waals surface area contributed by atoms with Crippen molar-refractivity contribution in [2.24, 2.45) is 5.92 Å². The maximum Gasteiger partial charge on any atom is 0.298 e. The van der Waals surface area contributed by atoms with Crippen LogP contribution in [-0.2, 0) is 16.6 Å². The smallest absolute Gasteiger partial charge is 0.298 e. The third-order valence-corrected chi connectivity index (χ3v) is 9.22. The van der Waals surface area contributed by atoms with Gasteiger partial charge in [0.15, 0.2) is 0 Å². The van der Waals surface area contributed by atoms with Crippen LogP contribution in [0, 0.1) is 31.6 Å². The Morgan fingerprint density at radius 2 is 2.03 bits per heavy atom. The van der Waals surface area contributed by atoms with E-state index in [4.69, 9.17) is 4.74 Å². The fourth-order valence-electron chi connectivity index (χ4n) is 7.30. The highest BCUT2D eigenvalue weighted by atomic mass is 16.5. The molecule has 1 saturated heterocycles. The molecule has 2 aromatic rings. The predicted octanol–water partition coefficient (Wildman–Crippen LogP) is 3.56. The zero-order chi connectivity index (χ0) is 23.8. The highest BCUT2D eigenvalue weighted by Gasteiger charge is 2.66. The number of nitrogens with zero attached hydrogens (tertiary/aromatic N) is 2. The Hall–Kier alpha value is -2.97. The second-order valence-corrected chi connectivity index (χ2v) is 10.7. The van der Waals surface area contributed by atoms with Gasteiger partial charge >= 0.3 is 0 Å². The SMILES string of the molecule is Cc1ccc(C#CC(=O)N(C)[C@@H]2CC[C@H]3[C@H]4Cc5c(O)ccc6c5[C@@]3(CCN4C)[C@H]2O6)cc1C. The number of phenolic OH excluding ortho intramolecular Hbond substituents is 1. The summed E-state index contributed by atoms with van der Waals surface area (Å²) in [6.07, 6.45) is 3.72. The standard InChI is InChI=1S/C29H32N2O3/c1-17-5-6-19(15-18(17)2)7-12-26(33)31(4)22-9-8-21-23-16-20-24(32)10-11-25-27(20)29(21,28(22)34-25)13-14-30(23)3/h5-6,10-11,15,21-23,28,32H,8-9,13-14,16H2,1-4H3/t21-,22+,23+,28-,29-/m0/s1. The molecule has 2 aliphatic carbocycles. The molecule has 4 aliphatic rings. The average molecular weight is 457 g/mol. The van der Waals surface area contributed by atoms with E-state index in [2.05, 4.69) is 37.6 Å². The lowest BCUT2D eigenvalue weighted by Crippen LogP contribution is -2.68. The fraction of sp³-hybridized carbons (Fsp3) is 0.483. The van der Waals surface area contributed by atoms with Crippen molar-refractivity contribution < 1.29 is 14.6 Å². The quantitative estimate of drug-likeness (QED) is 0.667. The molecule has 2 aliphatic heterocycles. The number of benzene rings is 2. The van der Waals surface area contributed by atoms with Gasteiger partial charge in [-0.05, 0) is 94.4 Å². The van der Waals surface area contributed by atoms with Crippen LogP contribution in [0.15, 0.2) is 30.3 Å². The van der Waals surface area contributed by atoms with Gasteiger partial charge in [0, 0.05) is 41.1 Å². The van der Waals surface area contributed by atoms with Gasteiger partial charge in [0.2, 0.25) is 0 Å². The monoisotopic (exact) mass is 456 g/mol. The van der Waals surface area contributed by atoms with E-state index in [0.717, 1.165) is 49.1 Å². The van der Waals surface area contributed by atoms with Gasteiger partial charge in [0.25, 0.3) is 5.91 Å². The molecule has 34 heavy (non-hydrogen) atoms. The maximum atomic E-state index is 13.2. The highest BCUT2D eigenvalue weighted by molar-refractivity contribution is 5.94. The predicted molar refractivity (Wildman–Crippen MR) is 131 cm³/mol. The minimum absolute atomic E-state index is 0.0395. The summed E-state index contributed by atoms with van der Waals surface area (Å²) in [5, 5.41) is 10.7. The van der Waals surface area contributed by atoms with Crippen molar-refractivity contribution in [1.29, 1.82) is 0 Å². The second kappa shape index (κ2) is 7.52. The molecular formula is C29H32N2O3. The molecule has 0 aromatic heterocycles. The molecule has 5 nitrogen and oxygen atoms in total. The number of amides is 1. The highest BCUT2D eigenvalue weighted by Crippen LogP contribution is 2.63. The van der Waals surface area contributed by atoms with Gasteiger partial charge in [0.05, 0.1) is 6.04 Å². The summed E-state index contributed by atoms with van der Waals surface area (Å²) < 4.78 is 6.67. The number of carbonyl (C=O) groups excluding carboxylic acids is 1. The Morgan fingerprint density at radius 3 is 2.82 bits per heavy atom. The Labute approximate surface area is 201 Å². The van der Waals surface area contributed by atoms with E-state index in [-0.39, 0.29) is 23.5 Å². The molecule has 2 heterocycles. The number of likely N-dealkylation sites (tertiary alicyclic amines) is 1.